The van der Waals surface area contributed by atoms with Crippen molar-refractivity contribution in [3.05, 3.63) is 41.0 Å². The molecule has 0 saturated heterocycles. The van der Waals surface area contributed by atoms with Crippen molar-refractivity contribution in [1.82, 2.24) is 10.4 Å². The first kappa shape index (κ1) is 22.0. The van der Waals surface area contributed by atoms with Crippen LogP contribution in [-0.2, 0) is 16.0 Å². The van der Waals surface area contributed by atoms with Gasteiger partial charge in [0.1, 0.15) is 11.7 Å². The fourth-order valence-electron chi connectivity index (χ4n) is 2.72. The van der Waals surface area contributed by atoms with Crippen LogP contribution in [0.1, 0.15) is 25.8 Å². The van der Waals surface area contributed by atoms with Gasteiger partial charge in [-0.15, -0.1) is 0 Å². The molecule has 0 bridgehead atoms. The van der Waals surface area contributed by atoms with E-state index in [-0.39, 0.29) is 45.0 Å². The summed E-state index contributed by atoms with van der Waals surface area (Å²) in [5.41, 5.74) is 6.71. The number of aromatic nitrogens is 1. The predicted molar refractivity (Wildman–Crippen MR) is 108 cm³/mol. The number of aliphatic imine (C=N–C) groups is 1. The number of alkyl halides is 3. The highest BCUT2D eigenvalue weighted by atomic mass is 35.5. The van der Waals surface area contributed by atoms with Crippen LogP contribution in [0.4, 0.5) is 18.9 Å². The van der Waals surface area contributed by atoms with Crippen LogP contribution in [-0.4, -0.2) is 30.3 Å². The number of hydrogen-bond acceptors (Lipinski definition) is 6. The summed E-state index contributed by atoms with van der Waals surface area (Å²) in [6.45, 7) is 2.98. The van der Waals surface area contributed by atoms with Crippen molar-refractivity contribution in [1.29, 1.82) is 0 Å². The molecule has 0 fully saturated rings. The van der Waals surface area contributed by atoms with Crippen LogP contribution < -0.4 is 11.2 Å². The van der Waals surface area contributed by atoms with Crippen LogP contribution in [0.3, 0.4) is 0 Å². The zero-order valence-electron chi connectivity index (χ0n) is 15.8. The minimum absolute atomic E-state index is 0.0285. The molecule has 7 nitrogen and oxygen atoms in total. The molecule has 1 aliphatic heterocycles. The van der Waals surface area contributed by atoms with Crippen LogP contribution in [0.25, 0.3) is 11.1 Å². The Hall–Kier alpha value is -2.66. The van der Waals surface area contributed by atoms with Crippen molar-refractivity contribution in [2.45, 2.75) is 36.7 Å². The van der Waals surface area contributed by atoms with Gasteiger partial charge in [-0.3, -0.25) is 5.43 Å². The molecule has 0 atom stereocenters. The van der Waals surface area contributed by atoms with Crippen LogP contribution in [0, 0.1) is 0 Å². The molecule has 1 aliphatic rings. The van der Waals surface area contributed by atoms with Gasteiger partial charge in [0.15, 0.2) is 14.9 Å². The number of benzene rings is 1. The highest BCUT2D eigenvalue weighted by Crippen LogP contribution is 2.43. The Morgan fingerprint density at radius 1 is 1.27 bits per heavy atom. The van der Waals surface area contributed by atoms with E-state index < -0.39 is 26.8 Å². The third kappa shape index (κ3) is 4.41. The van der Waals surface area contributed by atoms with Gasteiger partial charge < -0.3 is 5.73 Å². The van der Waals surface area contributed by atoms with Crippen molar-refractivity contribution in [3.8, 4) is 11.1 Å². The molecule has 0 saturated carbocycles. The summed E-state index contributed by atoms with van der Waals surface area (Å²) in [6, 6.07) is 4.53. The van der Waals surface area contributed by atoms with Gasteiger partial charge >= 0.3 is 6.18 Å². The number of sulfone groups is 1. The van der Waals surface area contributed by atoms with E-state index in [9.17, 15) is 21.6 Å². The Labute approximate surface area is 175 Å². The van der Waals surface area contributed by atoms with E-state index in [4.69, 9.17) is 17.3 Å². The Balaban J connectivity index is 2.09. The molecular weight excluding hydrogens is 443 g/mol. The molecule has 2 aromatic rings. The van der Waals surface area contributed by atoms with Gasteiger partial charge in [-0.25, -0.2) is 18.4 Å². The number of halogens is 4. The van der Waals surface area contributed by atoms with Crippen LogP contribution in [0.15, 0.2) is 45.6 Å². The topological polar surface area (TPSA) is 110 Å². The number of rotatable bonds is 4. The summed E-state index contributed by atoms with van der Waals surface area (Å²) in [6.07, 6.45) is -3.50. The summed E-state index contributed by atoms with van der Waals surface area (Å²) in [5, 5.41) is 2.56. The molecule has 2 heterocycles. The number of nitrogens with one attached hydrogen (secondary N) is 1. The Kier molecular flexibility index (Phi) is 5.79. The summed E-state index contributed by atoms with van der Waals surface area (Å²) in [4.78, 5) is 7.92. The first-order valence-electron chi connectivity index (χ1n) is 8.66. The lowest BCUT2D eigenvalue weighted by atomic mass is 9.99. The van der Waals surface area contributed by atoms with Crippen molar-refractivity contribution in [3.63, 3.8) is 0 Å². The number of pyridine rings is 1. The number of nitrogens with two attached hydrogens (primary N) is 1. The molecular formula is C18H17ClF3N5O2S. The van der Waals surface area contributed by atoms with Gasteiger partial charge in [-0.1, -0.05) is 11.6 Å². The normalized spacial score (nSPS) is 16.1. The van der Waals surface area contributed by atoms with Crippen LogP contribution >= 0.6 is 11.6 Å². The molecule has 0 aliphatic carbocycles. The molecule has 3 rings (SSSR count). The van der Waals surface area contributed by atoms with Gasteiger partial charge in [-0.05, 0) is 38.1 Å². The van der Waals surface area contributed by atoms with E-state index in [0.717, 1.165) is 18.3 Å². The molecule has 30 heavy (non-hydrogen) atoms. The largest absolute Gasteiger partial charge is 0.417 e. The lowest BCUT2D eigenvalue weighted by Crippen LogP contribution is -2.15. The number of hydrazone groups is 1. The van der Waals surface area contributed by atoms with Crippen molar-refractivity contribution in [2.24, 2.45) is 15.8 Å². The first-order chi connectivity index (χ1) is 13.9. The Morgan fingerprint density at radius 2 is 1.97 bits per heavy atom. The van der Waals surface area contributed by atoms with E-state index in [2.05, 4.69) is 20.5 Å². The molecule has 1 aromatic carbocycles. The number of hydrogen-bond donors (Lipinski definition) is 2. The van der Waals surface area contributed by atoms with E-state index in [0.29, 0.717) is 0 Å². The van der Waals surface area contributed by atoms with Gasteiger partial charge in [0, 0.05) is 17.3 Å². The number of nitrogens with zero attached hydrogens (tertiary/aromatic N) is 3. The Bertz CT molecular complexity index is 1140. The fraction of sp³-hybridized carbons (Fsp3) is 0.278. The van der Waals surface area contributed by atoms with E-state index >= 15 is 0 Å². The molecule has 1 aromatic heterocycles. The highest BCUT2D eigenvalue weighted by molar-refractivity contribution is 7.91. The average molecular weight is 460 g/mol. The maximum Gasteiger partial charge on any atom is 0.417 e. The smallest absolute Gasteiger partial charge is 0.385 e. The van der Waals surface area contributed by atoms with Crippen LogP contribution in [0.5, 0.6) is 0 Å². The van der Waals surface area contributed by atoms with Crippen molar-refractivity contribution < 1.29 is 21.6 Å². The van der Waals surface area contributed by atoms with Gasteiger partial charge in [0.05, 0.1) is 27.9 Å². The third-order valence-corrected chi connectivity index (χ3v) is 6.62. The second-order valence-corrected chi connectivity index (χ2v) is 9.64. The minimum Gasteiger partial charge on any atom is -0.385 e. The highest BCUT2D eigenvalue weighted by Gasteiger charge is 2.35. The molecule has 160 valence electrons. The summed E-state index contributed by atoms with van der Waals surface area (Å²) >= 11 is 6.18. The minimum atomic E-state index is -4.74. The second kappa shape index (κ2) is 7.88. The monoisotopic (exact) mass is 459 g/mol. The van der Waals surface area contributed by atoms with Crippen molar-refractivity contribution >= 4 is 38.8 Å². The lowest BCUT2D eigenvalue weighted by Gasteiger charge is -2.16. The zero-order valence-corrected chi connectivity index (χ0v) is 17.4. The Morgan fingerprint density at radius 3 is 2.47 bits per heavy atom. The summed E-state index contributed by atoms with van der Waals surface area (Å²) in [7, 11) is -3.66. The van der Waals surface area contributed by atoms with Gasteiger partial charge in [0.2, 0.25) is 0 Å². The average Bonchev–Trinajstić information content (AvgIpc) is 3.05. The summed E-state index contributed by atoms with van der Waals surface area (Å²) in [5.74, 6) is 0.546. The molecule has 12 heteroatoms. The van der Waals surface area contributed by atoms with Gasteiger partial charge in [-0.2, -0.15) is 18.3 Å². The first-order valence-corrected chi connectivity index (χ1v) is 10.6. The molecule has 0 radical (unpaired) electrons. The van der Waals surface area contributed by atoms with Crippen LogP contribution in [0.2, 0.25) is 5.02 Å². The SMILES string of the molecule is CC(C)S(=O)(=O)c1ccc(-c2c(Cl)cc(N=C3CC(N)=NN3)cc2C(F)(F)F)cn1. The molecule has 0 spiro atoms. The van der Waals surface area contributed by atoms with E-state index in [1.54, 1.807) is 0 Å². The van der Waals surface area contributed by atoms with E-state index in [1.807, 2.05) is 0 Å². The van der Waals surface area contributed by atoms with Gasteiger partial charge in [0.25, 0.3) is 0 Å². The zero-order chi connectivity index (χ0) is 22.3. The maximum atomic E-state index is 13.8. The molecule has 0 unspecified atom stereocenters. The standard InChI is InChI=1S/C18H17ClF3N5O2S/c1-9(2)30(28,29)16-4-3-10(8-24-16)17-12(18(20,21)22)5-11(6-13(17)19)25-15-7-14(23)26-27-15/h3-6,8-9H,7H2,1-2H3,(H2,23,26)(H,25,27). The molecule has 0 amide bonds. The van der Waals surface area contributed by atoms with E-state index in [1.165, 1.54) is 26.0 Å². The fourth-order valence-corrected chi connectivity index (χ4v) is 3.98. The summed E-state index contributed by atoms with van der Waals surface area (Å²) < 4.78 is 65.7. The quantitative estimate of drug-likeness (QED) is 0.720. The third-order valence-electron chi connectivity index (χ3n) is 4.26. The lowest BCUT2D eigenvalue weighted by molar-refractivity contribution is -0.137. The number of amidine groups is 2. The predicted octanol–water partition coefficient (Wildman–Crippen LogP) is 3.90. The molecule has 3 N–H and O–H groups in total. The second-order valence-electron chi connectivity index (χ2n) is 6.78. The van der Waals surface area contributed by atoms with Crippen molar-refractivity contribution in [2.75, 3.05) is 0 Å². The maximum absolute atomic E-state index is 13.8.